The number of nitrogens with zero attached hydrogens (tertiary/aromatic N) is 4. The molecule has 0 spiro atoms. The fourth-order valence-electron chi connectivity index (χ4n) is 2.38. The van der Waals surface area contributed by atoms with Crippen LogP contribution in [0.15, 0.2) is 23.5 Å². The number of hydrogen-bond acceptors (Lipinski definition) is 7. The number of rotatable bonds is 5. The SMILES string of the molecule is Cn1c(SCC(=O)NC2CC2)nnc1-c1sc2ncccc2c1N. The van der Waals surface area contributed by atoms with E-state index in [9.17, 15) is 4.79 Å². The van der Waals surface area contributed by atoms with Crippen molar-refractivity contribution < 1.29 is 4.79 Å². The fourth-order valence-corrected chi connectivity index (χ4v) is 4.19. The highest BCUT2D eigenvalue weighted by molar-refractivity contribution is 7.99. The summed E-state index contributed by atoms with van der Waals surface area (Å²) in [6, 6.07) is 4.19. The first-order chi connectivity index (χ1) is 11.6. The van der Waals surface area contributed by atoms with E-state index in [2.05, 4.69) is 20.5 Å². The molecule has 0 saturated heterocycles. The average molecular weight is 360 g/mol. The zero-order valence-electron chi connectivity index (χ0n) is 13.0. The minimum atomic E-state index is 0.0395. The molecule has 0 unspecified atom stereocenters. The Balaban J connectivity index is 1.56. The molecule has 7 nitrogen and oxygen atoms in total. The quantitative estimate of drug-likeness (QED) is 0.676. The van der Waals surface area contributed by atoms with E-state index in [1.54, 1.807) is 6.20 Å². The molecule has 3 heterocycles. The second kappa shape index (κ2) is 6.06. The van der Waals surface area contributed by atoms with Gasteiger partial charge in [-0.2, -0.15) is 0 Å². The van der Waals surface area contributed by atoms with Crippen LogP contribution in [-0.2, 0) is 11.8 Å². The van der Waals surface area contributed by atoms with Crippen LogP contribution >= 0.6 is 23.1 Å². The number of pyridine rings is 1. The van der Waals surface area contributed by atoms with Gasteiger partial charge in [0, 0.05) is 24.7 Å². The summed E-state index contributed by atoms with van der Waals surface area (Å²) in [5.74, 6) is 1.07. The van der Waals surface area contributed by atoms with Gasteiger partial charge in [0.15, 0.2) is 11.0 Å². The monoisotopic (exact) mass is 360 g/mol. The molecule has 1 saturated carbocycles. The van der Waals surface area contributed by atoms with Gasteiger partial charge >= 0.3 is 0 Å². The number of aromatic nitrogens is 4. The molecule has 1 amide bonds. The number of hydrogen-bond donors (Lipinski definition) is 2. The summed E-state index contributed by atoms with van der Waals surface area (Å²) in [4.78, 5) is 17.9. The lowest BCUT2D eigenvalue weighted by Gasteiger charge is -2.04. The number of fused-ring (bicyclic) bond motifs is 1. The summed E-state index contributed by atoms with van der Waals surface area (Å²) >= 11 is 2.88. The van der Waals surface area contributed by atoms with Crippen molar-refractivity contribution in [2.24, 2.45) is 7.05 Å². The molecule has 0 aliphatic heterocycles. The molecule has 1 aliphatic rings. The van der Waals surface area contributed by atoms with Crippen LogP contribution < -0.4 is 11.1 Å². The standard InChI is InChI=1S/C15H16N6OS2/c1-21-13(12-11(16)9-3-2-6-17-14(9)24-12)19-20-15(21)23-7-10(22)18-8-4-5-8/h2-3,6,8H,4-5,7,16H2,1H3,(H,18,22). The van der Waals surface area contributed by atoms with Crippen molar-refractivity contribution in [2.75, 3.05) is 11.5 Å². The van der Waals surface area contributed by atoms with Crippen LogP contribution in [0.4, 0.5) is 5.69 Å². The Morgan fingerprint density at radius 2 is 2.33 bits per heavy atom. The van der Waals surface area contributed by atoms with Gasteiger partial charge in [-0.05, 0) is 25.0 Å². The van der Waals surface area contributed by atoms with E-state index < -0.39 is 0 Å². The van der Waals surface area contributed by atoms with Crippen LogP contribution in [0.5, 0.6) is 0 Å². The second-order valence-electron chi connectivity index (χ2n) is 5.70. The van der Waals surface area contributed by atoms with Crippen LogP contribution in [0.2, 0.25) is 0 Å². The molecule has 9 heteroatoms. The highest BCUT2D eigenvalue weighted by Gasteiger charge is 2.24. The lowest BCUT2D eigenvalue weighted by atomic mass is 10.2. The summed E-state index contributed by atoms with van der Waals surface area (Å²) in [5, 5.41) is 13.0. The molecule has 1 fully saturated rings. The van der Waals surface area contributed by atoms with Gasteiger partial charge in [-0.3, -0.25) is 4.79 Å². The Kier molecular flexibility index (Phi) is 3.89. The number of nitrogen functional groups attached to an aromatic ring is 1. The zero-order chi connectivity index (χ0) is 16.7. The van der Waals surface area contributed by atoms with Gasteiger partial charge in [0.05, 0.1) is 16.3 Å². The van der Waals surface area contributed by atoms with E-state index in [0.717, 1.165) is 27.9 Å². The Morgan fingerprint density at radius 3 is 3.08 bits per heavy atom. The van der Waals surface area contributed by atoms with Gasteiger partial charge in [0.2, 0.25) is 5.91 Å². The van der Waals surface area contributed by atoms with E-state index in [4.69, 9.17) is 5.73 Å². The first-order valence-electron chi connectivity index (χ1n) is 7.58. The Bertz CT molecular complexity index is 914. The predicted molar refractivity (Wildman–Crippen MR) is 95.9 cm³/mol. The molecule has 3 aromatic heterocycles. The third-order valence-corrected chi connectivity index (χ3v) is 5.96. The van der Waals surface area contributed by atoms with E-state index in [-0.39, 0.29) is 5.91 Å². The summed E-state index contributed by atoms with van der Waals surface area (Å²) < 4.78 is 1.87. The van der Waals surface area contributed by atoms with Gasteiger partial charge in [-0.25, -0.2) is 4.98 Å². The van der Waals surface area contributed by atoms with Gasteiger partial charge in [-0.15, -0.1) is 21.5 Å². The Hall–Kier alpha value is -2.13. The zero-order valence-corrected chi connectivity index (χ0v) is 14.7. The molecule has 0 atom stereocenters. The van der Waals surface area contributed by atoms with Crippen molar-refractivity contribution in [2.45, 2.75) is 24.0 Å². The Labute approximate surface area is 146 Å². The van der Waals surface area contributed by atoms with Crippen molar-refractivity contribution in [3.05, 3.63) is 18.3 Å². The van der Waals surface area contributed by atoms with Crippen LogP contribution in [-0.4, -0.2) is 37.5 Å². The number of carbonyl (C=O) groups excluding carboxylic acids is 1. The normalized spacial score (nSPS) is 14.2. The van der Waals surface area contributed by atoms with Crippen molar-refractivity contribution in [3.63, 3.8) is 0 Å². The minimum Gasteiger partial charge on any atom is -0.397 e. The van der Waals surface area contributed by atoms with E-state index in [1.807, 2.05) is 23.7 Å². The van der Waals surface area contributed by atoms with E-state index in [1.165, 1.54) is 23.1 Å². The number of carbonyl (C=O) groups is 1. The van der Waals surface area contributed by atoms with Crippen molar-refractivity contribution in [3.8, 4) is 10.7 Å². The van der Waals surface area contributed by atoms with Crippen LogP contribution in [0.1, 0.15) is 12.8 Å². The maximum absolute atomic E-state index is 11.8. The summed E-state index contributed by atoms with van der Waals surface area (Å²) in [5.41, 5.74) is 6.92. The highest BCUT2D eigenvalue weighted by atomic mass is 32.2. The largest absolute Gasteiger partial charge is 0.397 e. The lowest BCUT2D eigenvalue weighted by molar-refractivity contribution is -0.118. The summed E-state index contributed by atoms with van der Waals surface area (Å²) in [7, 11) is 1.88. The summed E-state index contributed by atoms with van der Waals surface area (Å²) in [6.07, 6.45) is 3.92. The maximum atomic E-state index is 11.8. The number of thioether (sulfide) groups is 1. The third-order valence-electron chi connectivity index (χ3n) is 3.82. The number of nitrogens with two attached hydrogens (primary N) is 1. The molecule has 0 aromatic carbocycles. The van der Waals surface area contributed by atoms with Crippen molar-refractivity contribution >= 4 is 44.9 Å². The topological polar surface area (TPSA) is 98.7 Å². The molecule has 4 rings (SSSR count). The van der Waals surface area contributed by atoms with Gasteiger partial charge in [0.1, 0.15) is 4.83 Å². The van der Waals surface area contributed by atoms with Gasteiger partial charge in [0.25, 0.3) is 0 Å². The van der Waals surface area contributed by atoms with Crippen molar-refractivity contribution in [1.82, 2.24) is 25.1 Å². The average Bonchev–Trinajstić information content (AvgIpc) is 3.23. The molecular formula is C15H16N6OS2. The van der Waals surface area contributed by atoms with Crippen LogP contribution in [0.3, 0.4) is 0 Å². The van der Waals surface area contributed by atoms with Gasteiger partial charge in [-0.1, -0.05) is 11.8 Å². The van der Waals surface area contributed by atoms with E-state index in [0.29, 0.717) is 28.5 Å². The van der Waals surface area contributed by atoms with Crippen molar-refractivity contribution in [1.29, 1.82) is 0 Å². The minimum absolute atomic E-state index is 0.0395. The molecule has 3 N–H and O–H groups in total. The first kappa shape index (κ1) is 15.4. The lowest BCUT2D eigenvalue weighted by Crippen LogP contribution is -2.27. The third kappa shape index (κ3) is 2.84. The number of amides is 1. The molecule has 24 heavy (non-hydrogen) atoms. The Morgan fingerprint density at radius 1 is 1.50 bits per heavy atom. The molecule has 0 bridgehead atoms. The molecule has 3 aromatic rings. The maximum Gasteiger partial charge on any atom is 0.230 e. The van der Waals surface area contributed by atoms with Gasteiger partial charge < -0.3 is 15.6 Å². The molecular weight excluding hydrogens is 344 g/mol. The predicted octanol–water partition coefficient (Wildman–Crippen LogP) is 2.04. The molecule has 0 radical (unpaired) electrons. The van der Waals surface area contributed by atoms with Crippen LogP contribution in [0, 0.1) is 0 Å². The number of thiophene rings is 1. The smallest absolute Gasteiger partial charge is 0.230 e. The second-order valence-corrected chi connectivity index (χ2v) is 7.64. The van der Waals surface area contributed by atoms with E-state index >= 15 is 0 Å². The van der Waals surface area contributed by atoms with Crippen LogP contribution in [0.25, 0.3) is 20.9 Å². The highest BCUT2D eigenvalue weighted by Crippen LogP contribution is 2.39. The number of anilines is 1. The summed E-state index contributed by atoms with van der Waals surface area (Å²) in [6.45, 7) is 0. The molecule has 124 valence electrons. The molecule has 1 aliphatic carbocycles. The number of nitrogens with one attached hydrogen (secondary N) is 1. The fraction of sp³-hybridized carbons (Fsp3) is 0.333. The first-order valence-corrected chi connectivity index (χ1v) is 9.38.